The number of rotatable bonds is 6. The first-order valence-corrected chi connectivity index (χ1v) is 9.25. The van der Waals surface area contributed by atoms with Gasteiger partial charge in [-0.05, 0) is 18.2 Å². The molecule has 0 aliphatic carbocycles. The van der Waals surface area contributed by atoms with Crippen molar-refractivity contribution in [2.45, 2.75) is 6.10 Å². The number of carbonyl (C=O) groups is 2. The summed E-state index contributed by atoms with van der Waals surface area (Å²) in [5.74, 6) is -0.700. The molecule has 0 saturated carbocycles. The number of amides is 1. The maximum Gasteiger partial charge on any atom is 0.340 e. The molecule has 1 atom stereocenters. The summed E-state index contributed by atoms with van der Waals surface area (Å²) >= 11 is 11.7. The van der Waals surface area contributed by atoms with Crippen molar-refractivity contribution in [3.8, 4) is 5.75 Å². The zero-order chi connectivity index (χ0) is 20.8. The third kappa shape index (κ3) is 5.25. The minimum atomic E-state index is -1.19. The summed E-state index contributed by atoms with van der Waals surface area (Å²) in [5, 5.41) is 2.91. The number of carbonyl (C=O) groups excluding carboxylic acids is 2. The van der Waals surface area contributed by atoms with Crippen LogP contribution in [0.2, 0.25) is 10.2 Å². The molecule has 1 heterocycles. The number of anilines is 1. The number of nitrogens with zero attached hydrogens (tertiary/aromatic N) is 1. The third-order valence-corrected chi connectivity index (χ3v) is 4.62. The Bertz CT molecular complexity index is 1030. The molecule has 0 aliphatic heterocycles. The Balaban J connectivity index is 1.85. The van der Waals surface area contributed by atoms with E-state index in [1.54, 1.807) is 54.6 Å². The van der Waals surface area contributed by atoms with E-state index in [1.165, 1.54) is 19.4 Å². The van der Waals surface area contributed by atoms with Crippen LogP contribution in [-0.4, -0.2) is 24.0 Å². The van der Waals surface area contributed by atoms with Gasteiger partial charge in [0.25, 0.3) is 5.91 Å². The number of hydrogen-bond donors (Lipinski definition) is 1. The van der Waals surface area contributed by atoms with Crippen LogP contribution in [-0.2, 0) is 9.53 Å². The molecule has 0 aliphatic rings. The summed E-state index contributed by atoms with van der Waals surface area (Å²) in [6.07, 6.45) is 0.0443. The molecule has 0 unspecified atom stereocenters. The summed E-state index contributed by atoms with van der Waals surface area (Å²) in [6.45, 7) is 0. The highest BCUT2D eigenvalue weighted by atomic mass is 35.5. The molecule has 2 aromatic carbocycles. The number of aromatic nitrogens is 1. The van der Waals surface area contributed by atoms with Crippen molar-refractivity contribution in [1.29, 1.82) is 0 Å². The summed E-state index contributed by atoms with van der Waals surface area (Å²) in [5.41, 5.74) is 1.09. The number of benzene rings is 2. The van der Waals surface area contributed by atoms with Crippen molar-refractivity contribution in [3.63, 3.8) is 0 Å². The number of hydrogen-bond acceptors (Lipinski definition) is 5. The van der Waals surface area contributed by atoms with E-state index in [-0.39, 0.29) is 15.7 Å². The lowest BCUT2D eigenvalue weighted by atomic mass is 10.1. The molecule has 6 nitrogen and oxygen atoms in total. The molecule has 0 spiro atoms. The Morgan fingerprint density at radius 2 is 1.79 bits per heavy atom. The lowest BCUT2D eigenvalue weighted by molar-refractivity contribution is -0.125. The van der Waals surface area contributed by atoms with Gasteiger partial charge < -0.3 is 14.8 Å². The zero-order valence-corrected chi connectivity index (χ0v) is 16.8. The van der Waals surface area contributed by atoms with Crippen molar-refractivity contribution in [2.24, 2.45) is 0 Å². The van der Waals surface area contributed by atoms with Crippen LogP contribution in [0.3, 0.4) is 0 Å². The van der Waals surface area contributed by atoms with Crippen molar-refractivity contribution < 1.29 is 19.1 Å². The molecule has 29 heavy (non-hydrogen) atoms. The maximum absolute atomic E-state index is 12.9. The normalized spacial score (nSPS) is 11.4. The molecular formula is C21H16Cl2N2O4. The van der Waals surface area contributed by atoms with Gasteiger partial charge in [-0.15, -0.1) is 0 Å². The summed E-state index contributed by atoms with van der Waals surface area (Å²) in [6, 6.07) is 16.9. The Morgan fingerprint density at radius 1 is 1.03 bits per heavy atom. The average molecular weight is 431 g/mol. The van der Waals surface area contributed by atoms with Gasteiger partial charge in [-0.3, -0.25) is 4.79 Å². The fraction of sp³-hybridized carbons (Fsp3) is 0.0952. The van der Waals surface area contributed by atoms with Crippen LogP contribution < -0.4 is 10.1 Å². The standard InChI is InChI=1S/C21H16Cl2N2O4/c1-28-16-9-5-8-15(11-16)25-20(26)18(13-6-3-2-4-7-13)29-21(27)14-10-17(22)19(23)24-12-14/h2-12,18H,1H3,(H,25,26)/t18-/m0/s1. The summed E-state index contributed by atoms with van der Waals surface area (Å²) in [7, 11) is 1.53. The summed E-state index contributed by atoms with van der Waals surface area (Å²) < 4.78 is 10.6. The second-order valence-corrected chi connectivity index (χ2v) is 6.68. The van der Waals surface area contributed by atoms with Gasteiger partial charge in [-0.1, -0.05) is 59.6 Å². The fourth-order valence-corrected chi connectivity index (χ4v) is 2.79. The van der Waals surface area contributed by atoms with Crippen LogP contribution in [0.4, 0.5) is 5.69 Å². The predicted molar refractivity (Wildman–Crippen MR) is 110 cm³/mol. The number of ether oxygens (including phenoxy) is 2. The number of halogens is 2. The second kappa shape index (κ2) is 9.41. The zero-order valence-electron chi connectivity index (χ0n) is 15.3. The molecule has 1 aromatic heterocycles. The van der Waals surface area contributed by atoms with E-state index in [4.69, 9.17) is 32.7 Å². The molecule has 0 bridgehead atoms. The smallest absolute Gasteiger partial charge is 0.340 e. The Kier molecular flexibility index (Phi) is 6.69. The average Bonchev–Trinajstić information content (AvgIpc) is 2.74. The molecule has 3 rings (SSSR count). The first kappa shape index (κ1) is 20.6. The highest BCUT2D eigenvalue weighted by Gasteiger charge is 2.26. The van der Waals surface area contributed by atoms with E-state index in [0.29, 0.717) is 17.0 Å². The van der Waals surface area contributed by atoms with E-state index >= 15 is 0 Å². The van der Waals surface area contributed by atoms with Gasteiger partial charge in [0.2, 0.25) is 6.10 Å². The molecule has 148 valence electrons. The third-order valence-electron chi connectivity index (χ3n) is 3.93. The van der Waals surface area contributed by atoms with Crippen LogP contribution >= 0.6 is 23.2 Å². The maximum atomic E-state index is 12.9. The second-order valence-electron chi connectivity index (χ2n) is 5.91. The fourth-order valence-electron chi connectivity index (χ4n) is 2.52. The van der Waals surface area contributed by atoms with Gasteiger partial charge >= 0.3 is 5.97 Å². The number of esters is 1. The highest BCUT2D eigenvalue weighted by molar-refractivity contribution is 6.41. The highest BCUT2D eigenvalue weighted by Crippen LogP contribution is 2.25. The molecular weight excluding hydrogens is 415 g/mol. The molecule has 8 heteroatoms. The number of pyridine rings is 1. The van der Waals surface area contributed by atoms with E-state index in [9.17, 15) is 9.59 Å². The quantitative estimate of drug-likeness (QED) is 0.442. The van der Waals surface area contributed by atoms with Gasteiger partial charge in [0.05, 0.1) is 17.7 Å². The Hall–Kier alpha value is -3.09. The van der Waals surface area contributed by atoms with Gasteiger partial charge in [-0.2, -0.15) is 0 Å². The number of methoxy groups -OCH3 is 1. The van der Waals surface area contributed by atoms with Crippen molar-refractivity contribution >= 4 is 40.8 Å². The molecule has 1 N–H and O–H groups in total. The van der Waals surface area contributed by atoms with Gasteiger partial charge in [-0.25, -0.2) is 9.78 Å². The van der Waals surface area contributed by atoms with Crippen molar-refractivity contribution in [1.82, 2.24) is 4.98 Å². The molecule has 0 saturated heterocycles. The van der Waals surface area contributed by atoms with Crippen LogP contribution in [0, 0.1) is 0 Å². The Morgan fingerprint density at radius 3 is 2.48 bits per heavy atom. The minimum absolute atomic E-state index is 0.0681. The minimum Gasteiger partial charge on any atom is -0.497 e. The monoisotopic (exact) mass is 430 g/mol. The van der Waals surface area contributed by atoms with Crippen molar-refractivity contribution in [2.75, 3.05) is 12.4 Å². The van der Waals surface area contributed by atoms with Crippen LogP contribution in [0.1, 0.15) is 22.0 Å². The predicted octanol–water partition coefficient (Wildman–Crippen LogP) is 4.93. The first-order chi connectivity index (χ1) is 14.0. The Labute approximate surface area is 177 Å². The number of nitrogens with one attached hydrogen (secondary N) is 1. The van der Waals surface area contributed by atoms with E-state index < -0.39 is 18.0 Å². The SMILES string of the molecule is COc1cccc(NC(=O)[C@@H](OC(=O)c2cnc(Cl)c(Cl)c2)c2ccccc2)c1. The molecule has 3 aromatic rings. The van der Waals surface area contributed by atoms with Crippen LogP contribution in [0.25, 0.3) is 0 Å². The van der Waals surface area contributed by atoms with Crippen molar-refractivity contribution in [3.05, 3.63) is 88.2 Å². The van der Waals surface area contributed by atoms with Crippen LogP contribution in [0.5, 0.6) is 5.75 Å². The molecule has 1 amide bonds. The van der Waals surface area contributed by atoms with Crippen LogP contribution in [0.15, 0.2) is 66.9 Å². The lowest BCUT2D eigenvalue weighted by Crippen LogP contribution is -2.26. The largest absolute Gasteiger partial charge is 0.497 e. The van der Waals surface area contributed by atoms with Gasteiger partial charge in [0.15, 0.2) is 0 Å². The molecule has 0 fully saturated rings. The van der Waals surface area contributed by atoms with E-state index in [2.05, 4.69) is 10.3 Å². The molecule has 0 radical (unpaired) electrons. The van der Waals surface area contributed by atoms with Gasteiger partial charge in [0.1, 0.15) is 10.9 Å². The van der Waals surface area contributed by atoms with E-state index in [1.807, 2.05) is 0 Å². The lowest BCUT2D eigenvalue weighted by Gasteiger charge is -2.18. The summed E-state index contributed by atoms with van der Waals surface area (Å²) in [4.78, 5) is 29.3. The van der Waals surface area contributed by atoms with E-state index in [0.717, 1.165) is 0 Å². The van der Waals surface area contributed by atoms with Gasteiger partial charge in [0, 0.05) is 23.5 Å². The first-order valence-electron chi connectivity index (χ1n) is 8.50. The topological polar surface area (TPSA) is 77.5 Å².